The number of hydrogen-bond acceptors (Lipinski definition) is 5. The van der Waals surface area contributed by atoms with Gasteiger partial charge in [-0.25, -0.2) is 4.98 Å². The summed E-state index contributed by atoms with van der Waals surface area (Å²) in [4.78, 5) is 28.0. The van der Waals surface area contributed by atoms with Crippen LogP contribution in [0.3, 0.4) is 0 Å². The number of amides is 1. The second-order valence-electron chi connectivity index (χ2n) is 5.65. The van der Waals surface area contributed by atoms with Crippen molar-refractivity contribution in [2.45, 2.75) is 13.3 Å². The predicted molar refractivity (Wildman–Crippen MR) is 102 cm³/mol. The van der Waals surface area contributed by atoms with E-state index in [-0.39, 0.29) is 11.3 Å². The number of nitro groups is 1. The van der Waals surface area contributed by atoms with Crippen molar-refractivity contribution in [2.75, 3.05) is 5.32 Å². The van der Waals surface area contributed by atoms with Gasteiger partial charge < -0.3 is 0 Å². The van der Waals surface area contributed by atoms with E-state index >= 15 is 0 Å². The third kappa shape index (κ3) is 4.25. The molecule has 2 aromatic carbocycles. The quantitative estimate of drug-likeness (QED) is 0.500. The Morgan fingerprint density at radius 3 is 2.69 bits per heavy atom. The molecule has 0 bridgehead atoms. The summed E-state index contributed by atoms with van der Waals surface area (Å²) < 4.78 is 0. The zero-order valence-corrected chi connectivity index (χ0v) is 15.3. The summed E-state index contributed by atoms with van der Waals surface area (Å²) in [6.45, 7) is 1.63. The molecule has 1 heterocycles. The first-order valence-corrected chi connectivity index (χ1v) is 8.87. The Hall–Kier alpha value is -2.77. The summed E-state index contributed by atoms with van der Waals surface area (Å²) in [6.07, 6.45) is 2.38. The smallest absolute Gasteiger partial charge is 0.273 e. The molecule has 6 nitrogen and oxygen atoms in total. The summed E-state index contributed by atoms with van der Waals surface area (Å²) in [5.74, 6) is -0.430. The number of hydrogen-bond donors (Lipinski definition) is 1. The highest BCUT2D eigenvalue weighted by Gasteiger charge is 2.16. The van der Waals surface area contributed by atoms with Crippen LogP contribution in [-0.2, 0) is 6.42 Å². The summed E-state index contributed by atoms with van der Waals surface area (Å²) in [6, 6.07) is 11.9. The molecule has 8 heteroatoms. The lowest BCUT2D eigenvalue weighted by Gasteiger charge is -2.03. The number of anilines is 1. The molecular formula is C18H14ClN3O3S. The molecule has 0 unspecified atom stereocenters. The van der Waals surface area contributed by atoms with Crippen LogP contribution < -0.4 is 5.32 Å². The molecule has 0 radical (unpaired) electrons. The van der Waals surface area contributed by atoms with Gasteiger partial charge in [0.25, 0.3) is 11.6 Å². The number of nitro benzene ring substituents is 1. The van der Waals surface area contributed by atoms with E-state index in [1.807, 2.05) is 24.3 Å². The van der Waals surface area contributed by atoms with Crippen molar-refractivity contribution in [3.63, 3.8) is 0 Å². The molecule has 0 saturated heterocycles. The molecule has 0 atom stereocenters. The maximum Gasteiger partial charge on any atom is 0.273 e. The molecule has 1 N–H and O–H groups in total. The van der Waals surface area contributed by atoms with Crippen LogP contribution in [0.25, 0.3) is 0 Å². The molecule has 0 aliphatic heterocycles. The van der Waals surface area contributed by atoms with Crippen molar-refractivity contribution in [2.24, 2.45) is 0 Å². The van der Waals surface area contributed by atoms with Crippen LogP contribution in [0.5, 0.6) is 0 Å². The number of aryl methyl sites for hydroxylation is 1. The zero-order valence-electron chi connectivity index (χ0n) is 13.7. The van der Waals surface area contributed by atoms with Crippen molar-refractivity contribution < 1.29 is 9.72 Å². The zero-order chi connectivity index (χ0) is 18.7. The third-order valence-electron chi connectivity index (χ3n) is 3.73. The Balaban J connectivity index is 1.70. The number of rotatable bonds is 5. The molecule has 0 saturated carbocycles. The molecule has 1 amide bonds. The molecular weight excluding hydrogens is 374 g/mol. The summed E-state index contributed by atoms with van der Waals surface area (Å²) in [7, 11) is 0. The summed E-state index contributed by atoms with van der Waals surface area (Å²) >= 11 is 7.23. The average Bonchev–Trinajstić information content (AvgIpc) is 3.04. The van der Waals surface area contributed by atoms with Crippen LogP contribution in [0.2, 0.25) is 5.02 Å². The largest absolute Gasteiger partial charge is 0.298 e. The normalized spacial score (nSPS) is 10.5. The van der Waals surface area contributed by atoms with E-state index in [0.29, 0.717) is 22.1 Å². The van der Waals surface area contributed by atoms with E-state index in [1.54, 1.807) is 25.3 Å². The van der Waals surface area contributed by atoms with Crippen molar-refractivity contribution in [3.8, 4) is 0 Å². The second kappa shape index (κ2) is 7.63. The van der Waals surface area contributed by atoms with E-state index < -0.39 is 10.8 Å². The van der Waals surface area contributed by atoms with E-state index in [0.717, 1.165) is 10.4 Å². The molecule has 132 valence electrons. The van der Waals surface area contributed by atoms with Gasteiger partial charge in [-0.3, -0.25) is 20.2 Å². The number of aromatic nitrogens is 1. The number of halogens is 1. The van der Waals surface area contributed by atoms with Gasteiger partial charge in [-0.1, -0.05) is 29.8 Å². The topological polar surface area (TPSA) is 85.1 Å². The molecule has 1 aromatic heterocycles. The van der Waals surface area contributed by atoms with E-state index in [2.05, 4.69) is 10.3 Å². The standard InChI is InChI=1S/C18H14ClN3O3S/c1-11-2-5-13(9-16(11)22(24)25)17(23)21-18-20-10-15(26-18)8-12-3-6-14(19)7-4-12/h2-7,9-10H,8H2,1H3,(H,20,21,23). The Morgan fingerprint density at radius 1 is 1.27 bits per heavy atom. The Kier molecular flexibility index (Phi) is 5.29. The van der Waals surface area contributed by atoms with Gasteiger partial charge in [-0.05, 0) is 30.7 Å². The van der Waals surface area contributed by atoms with Gasteiger partial charge in [0.2, 0.25) is 0 Å². The fourth-order valence-corrected chi connectivity index (χ4v) is 3.33. The minimum absolute atomic E-state index is 0.0831. The third-order valence-corrected chi connectivity index (χ3v) is 4.90. The fraction of sp³-hybridized carbons (Fsp3) is 0.111. The van der Waals surface area contributed by atoms with Gasteiger partial charge in [-0.15, -0.1) is 11.3 Å². The number of nitrogens with zero attached hydrogens (tertiary/aromatic N) is 2. The lowest BCUT2D eigenvalue weighted by Crippen LogP contribution is -2.12. The summed E-state index contributed by atoms with van der Waals surface area (Å²) in [5, 5.41) is 14.8. The first-order valence-electron chi connectivity index (χ1n) is 7.68. The highest BCUT2D eigenvalue weighted by molar-refractivity contribution is 7.15. The molecule has 0 fully saturated rings. The molecule has 26 heavy (non-hydrogen) atoms. The Bertz CT molecular complexity index is 970. The number of benzene rings is 2. The van der Waals surface area contributed by atoms with Gasteiger partial charge in [-0.2, -0.15) is 0 Å². The molecule has 3 aromatic rings. The van der Waals surface area contributed by atoms with Crippen LogP contribution in [0.4, 0.5) is 10.8 Å². The number of nitrogens with one attached hydrogen (secondary N) is 1. The van der Waals surface area contributed by atoms with Crippen LogP contribution in [-0.4, -0.2) is 15.8 Å². The van der Waals surface area contributed by atoms with Crippen LogP contribution in [0, 0.1) is 17.0 Å². The maximum atomic E-state index is 12.3. The van der Waals surface area contributed by atoms with Gasteiger partial charge in [0, 0.05) is 39.7 Å². The highest BCUT2D eigenvalue weighted by Crippen LogP contribution is 2.24. The average molecular weight is 388 g/mol. The second-order valence-corrected chi connectivity index (χ2v) is 7.20. The van der Waals surface area contributed by atoms with Gasteiger partial charge in [0.15, 0.2) is 5.13 Å². The van der Waals surface area contributed by atoms with Crippen molar-refractivity contribution in [1.29, 1.82) is 0 Å². The highest BCUT2D eigenvalue weighted by atomic mass is 35.5. The van der Waals surface area contributed by atoms with Crippen LogP contribution >= 0.6 is 22.9 Å². The minimum Gasteiger partial charge on any atom is -0.298 e. The number of thiazole rings is 1. The maximum absolute atomic E-state index is 12.3. The lowest BCUT2D eigenvalue weighted by molar-refractivity contribution is -0.385. The van der Waals surface area contributed by atoms with E-state index in [4.69, 9.17) is 11.6 Å². The molecule has 0 aliphatic carbocycles. The van der Waals surface area contributed by atoms with Gasteiger partial charge in [0.1, 0.15) is 0 Å². The Morgan fingerprint density at radius 2 is 2.00 bits per heavy atom. The van der Waals surface area contributed by atoms with Crippen molar-refractivity contribution >= 4 is 39.7 Å². The van der Waals surface area contributed by atoms with Gasteiger partial charge >= 0.3 is 0 Å². The monoisotopic (exact) mass is 387 g/mol. The van der Waals surface area contributed by atoms with Crippen LogP contribution in [0.1, 0.15) is 26.4 Å². The predicted octanol–water partition coefficient (Wildman–Crippen LogP) is 4.86. The van der Waals surface area contributed by atoms with Crippen LogP contribution in [0.15, 0.2) is 48.7 Å². The van der Waals surface area contributed by atoms with Crippen molar-refractivity contribution in [3.05, 3.63) is 85.4 Å². The molecule has 0 aliphatic rings. The fourth-order valence-electron chi connectivity index (χ4n) is 2.37. The molecule has 3 rings (SSSR count). The number of carbonyl (C=O) groups is 1. The number of carbonyl (C=O) groups excluding carboxylic acids is 1. The van der Waals surface area contributed by atoms with Gasteiger partial charge in [0.05, 0.1) is 4.92 Å². The lowest BCUT2D eigenvalue weighted by atomic mass is 10.1. The van der Waals surface area contributed by atoms with E-state index in [1.165, 1.54) is 17.4 Å². The van der Waals surface area contributed by atoms with E-state index in [9.17, 15) is 14.9 Å². The SMILES string of the molecule is Cc1ccc(C(=O)Nc2ncc(Cc3ccc(Cl)cc3)s2)cc1[N+](=O)[O-]. The van der Waals surface area contributed by atoms with Crippen molar-refractivity contribution in [1.82, 2.24) is 4.98 Å². The first-order chi connectivity index (χ1) is 12.4. The molecule has 0 spiro atoms. The first kappa shape index (κ1) is 18.0. The Labute approximate surface area is 158 Å². The minimum atomic E-state index is -0.500. The summed E-state index contributed by atoms with van der Waals surface area (Å²) in [5.41, 5.74) is 1.73.